The van der Waals surface area contributed by atoms with E-state index in [1.54, 1.807) is 55.6 Å². The Kier molecular flexibility index (Phi) is 10.5. The molecule has 4 rings (SSSR count). The summed E-state index contributed by atoms with van der Waals surface area (Å²) in [4.78, 5) is 29.3. The van der Waals surface area contributed by atoms with Gasteiger partial charge >= 0.3 is 0 Å². The number of anilines is 1. The lowest BCUT2D eigenvalue weighted by atomic mass is 10.1. The number of nitrogens with one attached hydrogen (secondary N) is 1. The van der Waals surface area contributed by atoms with E-state index in [9.17, 15) is 18.0 Å². The Balaban J connectivity index is 1.73. The largest absolute Gasteiger partial charge is 0.497 e. The second-order valence-corrected chi connectivity index (χ2v) is 12.8. The number of aryl methyl sites for hydroxylation is 1. The SMILES string of the molecule is CCC(C(=O)NC1CCCC1)N(Cc1cccc(OC)c1)C(=O)CN(c1ccc(C)c(Cl)c1)S(=O)(=O)c1ccccc1. The Labute approximate surface area is 253 Å². The van der Waals surface area contributed by atoms with Gasteiger partial charge in [-0.15, -0.1) is 0 Å². The molecule has 3 aromatic carbocycles. The minimum Gasteiger partial charge on any atom is -0.497 e. The van der Waals surface area contributed by atoms with Crippen molar-refractivity contribution in [1.82, 2.24) is 10.2 Å². The van der Waals surface area contributed by atoms with Crippen LogP contribution in [-0.2, 0) is 26.2 Å². The van der Waals surface area contributed by atoms with Crippen molar-refractivity contribution >= 4 is 39.1 Å². The van der Waals surface area contributed by atoms with Gasteiger partial charge in [-0.25, -0.2) is 8.42 Å². The number of hydrogen-bond donors (Lipinski definition) is 1. The molecule has 0 saturated heterocycles. The molecule has 2 amide bonds. The van der Waals surface area contributed by atoms with Crippen molar-refractivity contribution in [2.75, 3.05) is 18.0 Å². The molecule has 0 heterocycles. The molecule has 1 saturated carbocycles. The van der Waals surface area contributed by atoms with Crippen molar-refractivity contribution in [2.24, 2.45) is 0 Å². The standard InChI is InChI=1S/C32H38ClN3O5S/c1-4-30(32(38)34-25-12-8-9-13-25)35(21-24-11-10-14-27(19-24)41-3)31(37)22-36(26-18-17-23(2)29(33)20-26)42(39,40)28-15-6-5-7-16-28/h5-7,10-11,14-20,25,30H,4,8-9,12-13,21-22H2,1-3H3,(H,34,38). The van der Waals surface area contributed by atoms with Gasteiger partial charge in [-0.05, 0) is 73.7 Å². The van der Waals surface area contributed by atoms with Crippen LogP contribution in [0.5, 0.6) is 5.75 Å². The van der Waals surface area contributed by atoms with E-state index < -0.39 is 28.5 Å². The van der Waals surface area contributed by atoms with E-state index in [0.717, 1.165) is 41.1 Å². The third-order valence-electron chi connectivity index (χ3n) is 7.63. The minimum absolute atomic E-state index is 0.0415. The molecule has 224 valence electrons. The molecule has 0 bridgehead atoms. The van der Waals surface area contributed by atoms with Gasteiger partial charge in [0, 0.05) is 17.6 Å². The van der Waals surface area contributed by atoms with Crippen LogP contribution in [0.3, 0.4) is 0 Å². The lowest BCUT2D eigenvalue weighted by molar-refractivity contribution is -0.140. The number of sulfonamides is 1. The van der Waals surface area contributed by atoms with Gasteiger partial charge in [-0.1, -0.05) is 67.8 Å². The number of benzene rings is 3. The summed E-state index contributed by atoms with van der Waals surface area (Å²) in [7, 11) is -2.60. The summed E-state index contributed by atoms with van der Waals surface area (Å²) in [5.74, 6) is -0.134. The van der Waals surface area contributed by atoms with Crippen LogP contribution >= 0.6 is 11.6 Å². The first-order valence-corrected chi connectivity index (χ1v) is 16.0. The third kappa shape index (κ3) is 7.44. The fourth-order valence-corrected chi connectivity index (χ4v) is 6.84. The van der Waals surface area contributed by atoms with Crippen LogP contribution in [0.15, 0.2) is 77.7 Å². The van der Waals surface area contributed by atoms with E-state index >= 15 is 0 Å². The fraction of sp³-hybridized carbons (Fsp3) is 0.375. The number of carbonyl (C=O) groups excluding carboxylic acids is 2. The first-order chi connectivity index (χ1) is 20.1. The van der Waals surface area contributed by atoms with Crippen molar-refractivity contribution in [3.8, 4) is 5.75 Å². The Morgan fingerprint density at radius 2 is 1.74 bits per heavy atom. The average molecular weight is 612 g/mol. The summed E-state index contributed by atoms with van der Waals surface area (Å²) in [5, 5.41) is 3.50. The number of amides is 2. The van der Waals surface area contributed by atoms with Gasteiger partial charge in [-0.2, -0.15) is 0 Å². The maximum atomic E-state index is 14.2. The second kappa shape index (κ2) is 14.1. The lowest BCUT2D eigenvalue weighted by Crippen LogP contribution is -2.53. The summed E-state index contributed by atoms with van der Waals surface area (Å²) in [6, 6.07) is 19.4. The molecule has 0 radical (unpaired) electrons. The minimum atomic E-state index is -4.16. The zero-order valence-corrected chi connectivity index (χ0v) is 25.8. The van der Waals surface area contributed by atoms with E-state index in [2.05, 4.69) is 5.32 Å². The van der Waals surface area contributed by atoms with Gasteiger partial charge in [0.15, 0.2) is 0 Å². The summed E-state index contributed by atoms with van der Waals surface area (Å²) < 4.78 is 34.3. The molecule has 0 aromatic heterocycles. The summed E-state index contributed by atoms with van der Waals surface area (Å²) in [6.07, 6.45) is 4.28. The number of ether oxygens (including phenoxy) is 1. The average Bonchev–Trinajstić information content (AvgIpc) is 3.50. The van der Waals surface area contributed by atoms with Crippen LogP contribution in [0, 0.1) is 6.92 Å². The molecule has 0 spiro atoms. The van der Waals surface area contributed by atoms with Crippen LogP contribution in [0.25, 0.3) is 0 Å². The van der Waals surface area contributed by atoms with Gasteiger partial charge in [0.1, 0.15) is 18.3 Å². The summed E-state index contributed by atoms with van der Waals surface area (Å²) >= 11 is 6.40. The molecule has 1 atom stereocenters. The number of rotatable bonds is 12. The van der Waals surface area contributed by atoms with Gasteiger partial charge in [0.05, 0.1) is 17.7 Å². The van der Waals surface area contributed by atoms with Crippen LogP contribution in [0.1, 0.15) is 50.2 Å². The molecule has 1 unspecified atom stereocenters. The number of halogens is 1. The first kappa shape index (κ1) is 31.4. The Morgan fingerprint density at radius 3 is 2.38 bits per heavy atom. The van der Waals surface area contributed by atoms with Crippen molar-refractivity contribution in [3.05, 3.63) is 88.9 Å². The topological polar surface area (TPSA) is 96.0 Å². The molecule has 8 nitrogen and oxygen atoms in total. The lowest BCUT2D eigenvalue weighted by Gasteiger charge is -2.34. The molecule has 3 aromatic rings. The molecule has 1 aliphatic carbocycles. The van der Waals surface area contributed by atoms with Crippen molar-refractivity contribution in [1.29, 1.82) is 0 Å². The molecule has 1 fully saturated rings. The highest BCUT2D eigenvalue weighted by Gasteiger charge is 2.34. The highest BCUT2D eigenvalue weighted by Crippen LogP contribution is 2.29. The monoisotopic (exact) mass is 611 g/mol. The third-order valence-corrected chi connectivity index (χ3v) is 9.82. The first-order valence-electron chi connectivity index (χ1n) is 14.2. The molecule has 42 heavy (non-hydrogen) atoms. The number of methoxy groups -OCH3 is 1. The maximum absolute atomic E-state index is 14.2. The van der Waals surface area contributed by atoms with Crippen LogP contribution in [0.2, 0.25) is 5.02 Å². The van der Waals surface area contributed by atoms with Gasteiger partial charge in [-0.3, -0.25) is 13.9 Å². The zero-order valence-electron chi connectivity index (χ0n) is 24.3. The predicted octanol–water partition coefficient (Wildman–Crippen LogP) is 5.72. The van der Waals surface area contributed by atoms with E-state index in [-0.39, 0.29) is 29.1 Å². The highest BCUT2D eigenvalue weighted by atomic mass is 35.5. The number of carbonyl (C=O) groups is 2. The zero-order chi connectivity index (χ0) is 30.3. The Morgan fingerprint density at radius 1 is 1.02 bits per heavy atom. The summed E-state index contributed by atoms with van der Waals surface area (Å²) in [5.41, 5.74) is 1.79. The highest BCUT2D eigenvalue weighted by molar-refractivity contribution is 7.92. The molecular weight excluding hydrogens is 574 g/mol. The maximum Gasteiger partial charge on any atom is 0.264 e. The van der Waals surface area contributed by atoms with Gasteiger partial charge in [0.2, 0.25) is 11.8 Å². The normalized spacial score (nSPS) is 14.3. The number of nitrogens with zero attached hydrogens (tertiary/aromatic N) is 2. The van der Waals surface area contributed by atoms with Crippen molar-refractivity contribution < 1.29 is 22.7 Å². The van der Waals surface area contributed by atoms with Crippen LogP contribution < -0.4 is 14.4 Å². The fourth-order valence-electron chi connectivity index (χ4n) is 5.24. The van der Waals surface area contributed by atoms with E-state index in [0.29, 0.717) is 17.2 Å². The van der Waals surface area contributed by atoms with Crippen molar-refractivity contribution in [2.45, 2.75) is 69.5 Å². The molecular formula is C32H38ClN3O5S. The Hall–Kier alpha value is -3.56. The quantitative estimate of drug-likeness (QED) is 0.283. The Bertz CT molecular complexity index is 1490. The molecule has 1 aliphatic rings. The van der Waals surface area contributed by atoms with Gasteiger partial charge < -0.3 is 15.0 Å². The van der Waals surface area contributed by atoms with E-state index in [4.69, 9.17) is 16.3 Å². The second-order valence-electron chi connectivity index (χ2n) is 10.5. The van der Waals surface area contributed by atoms with Crippen LogP contribution in [0.4, 0.5) is 5.69 Å². The van der Waals surface area contributed by atoms with E-state index in [1.807, 2.05) is 26.0 Å². The summed E-state index contributed by atoms with van der Waals surface area (Å²) in [6.45, 7) is 3.25. The van der Waals surface area contributed by atoms with Crippen LogP contribution in [-0.4, -0.2) is 50.9 Å². The molecule has 0 aliphatic heterocycles. The smallest absolute Gasteiger partial charge is 0.264 e. The van der Waals surface area contributed by atoms with E-state index in [1.165, 1.54) is 17.0 Å². The predicted molar refractivity (Wildman–Crippen MR) is 165 cm³/mol. The number of hydrogen-bond acceptors (Lipinski definition) is 5. The van der Waals surface area contributed by atoms with Gasteiger partial charge in [0.25, 0.3) is 10.0 Å². The van der Waals surface area contributed by atoms with Crippen molar-refractivity contribution in [3.63, 3.8) is 0 Å². The molecule has 10 heteroatoms. The molecule has 1 N–H and O–H groups in total.